The van der Waals surface area contributed by atoms with E-state index in [1.54, 1.807) is 19.1 Å². The number of amides is 1. The molecule has 2 heterocycles. The van der Waals surface area contributed by atoms with Crippen molar-refractivity contribution in [1.82, 2.24) is 20.3 Å². The van der Waals surface area contributed by atoms with Crippen LogP contribution in [-0.4, -0.2) is 44.6 Å². The number of para-hydroxylation sites is 1. The Morgan fingerprint density at radius 2 is 2.09 bits per heavy atom. The van der Waals surface area contributed by atoms with Crippen molar-refractivity contribution in [2.24, 2.45) is 0 Å². The quantitative estimate of drug-likeness (QED) is 0.342. The van der Waals surface area contributed by atoms with Crippen LogP contribution in [0.4, 0.5) is 5.69 Å². The first-order valence-corrected chi connectivity index (χ1v) is 10.1. The van der Waals surface area contributed by atoms with Crippen molar-refractivity contribution >= 4 is 11.6 Å². The van der Waals surface area contributed by atoms with E-state index in [4.69, 9.17) is 9.47 Å². The molecule has 0 bridgehead atoms. The minimum Gasteiger partial charge on any atom is -0.488 e. The molecule has 0 saturated carbocycles. The molecule has 4 rings (SSSR count). The summed E-state index contributed by atoms with van der Waals surface area (Å²) in [7, 11) is 0. The Kier molecular flexibility index (Phi) is 5.52. The summed E-state index contributed by atoms with van der Waals surface area (Å²) >= 11 is 0. The number of nitro groups is 1. The highest BCUT2D eigenvalue weighted by Gasteiger charge is 2.32. The highest BCUT2D eigenvalue weighted by Crippen LogP contribution is 2.41. The van der Waals surface area contributed by atoms with Crippen molar-refractivity contribution in [3.8, 4) is 17.2 Å². The zero-order valence-corrected chi connectivity index (χ0v) is 18.0. The van der Waals surface area contributed by atoms with Gasteiger partial charge in [0.15, 0.2) is 17.2 Å². The van der Waals surface area contributed by atoms with E-state index in [1.165, 1.54) is 16.8 Å². The second-order valence-electron chi connectivity index (χ2n) is 8.10. The Morgan fingerprint density at radius 3 is 2.88 bits per heavy atom. The number of aromatic nitrogens is 3. The van der Waals surface area contributed by atoms with E-state index in [9.17, 15) is 14.9 Å². The monoisotopic (exact) mass is 437 g/mol. The van der Waals surface area contributed by atoms with E-state index in [1.807, 2.05) is 32.0 Å². The fraction of sp³-hybridized carbons (Fsp3) is 0.318. The second kappa shape index (κ2) is 8.29. The van der Waals surface area contributed by atoms with Crippen LogP contribution in [-0.2, 0) is 6.42 Å². The van der Waals surface area contributed by atoms with E-state index < -0.39 is 10.8 Å². The molecule has 3 aromatic rings. The molecule has 2 aromatic carbocycles. The summed E-state index contributed by atoms with van der Waals surface area (Å²) in [5.74, 6) is 0.994. The van der Waals surface area contributed by atoms with Crippen molar-refractivity contribution in [2.75, 3.05) is 13.2 Å². The third-order valence-electron chi connectivity index (χ3n) is 5.09. The molecule has 0 atom stereocenters. The van der Waals surface area contributed by atoms with Crippen LogP contribution in [0.25, 0.3) is 5.69 Å². The van der Waals surface area contributed by atoms with E-state index in [2.05, 4.69) is 15.6 Å². The topological polar surface area (TPSA) is 121 Å². The summed E-state index contributed by atoms with van der Waals surface area (Å²) in [6.07, 6.45) is 0.815. The number of benzene rings is 2. The number of fused-ring (bicyclic) bond motifs is 1. The molecule has 0 spiro atoms. The van der Waals surface area contributed by atoms with Gasteiger partial charge in [-0.3, -0.25) is 14.9 Å². The maximum absolute atomic E-state index is 12.6. The number of rotatable bonds is 7. The van der Waals surface area contributed by atoms with Crippen LogP contribution < -0.4 is 14.8 Å². The number of carbonyl (C=O) groups is 1. The lowest BCUT2D eigenvalue weighted by Crippen LogP contribution is -2.29. The minimum absolute atomic E-state index is 0.0692. The molecule has 0 radical (unpaired) electrons. The Hall–Kier alpha value is -3.95. The molecule has 0 saturated heterocycles. The van der Waals surface area contributed by atoms with Crippen molar-refractivity contribution < 1.29 is 19.2 Å². The highest BCUT2D eigenvalue weighted by molar-refractivity contribution is 5.93. The van der Waals surface area contributed by atoms with Gasteiger partial charge < -0.3 is 14.8 Å². The molecule has 10 heteroatoms. The predicted molar refractivity (Wildman–Crippen MR) is 115 cm³/mol. The van der Waals surface area contributed by atoms with Gasteiger partial charge in [-0.25, -0.2) is 4.68 Å². The Bertz CT molecular complexity index is 1190. The van der Waals surface area contributed by atoms with Crippen molar-refractivity contribution in [3.63, 3.8) is 0 Å². The molecule has 1 aliphatic heterocycles. The number of nitrogens with zero attached hydrogens (tertiary/aromatic N) is 4. The molecule has 0 aliphatic carbocycles. The van der Waals surface area contributed by atoms with Crippen LogP contribution in [0.1, 0.15) is 35.6 Å². The van der Waals surface area contributed by atoms with Crippen LogP contribution >= 0.6 is 0 Å². The minimum atomic E-state index is -0.489. The van der Waals surface area contributed by atoms with Gasteiger partial charge in [-0.15, -0.1) is 5.10 Å². The highest BCUT2D eigenvalue weighted by atomic mass is 16.6. The number of nitro benzene ring substituents is 1. The number of non-ortho nitro benzene ring substituents is 1. The lowest BCUT2D eigenvalue weighted by molar-refractivity contribution is -0.384. The first-order chi connectivity index (χ1) is 15.2. The van der Waals surface area contributed by atoms with Crippen molar-refractivity contribution in [2.45, 2.75) is 32.8 Å². The van der Waals surface area contributed by atoms with Crippen molar-refractivity contribution in [3.05, 3.63) is 69.5 Å². The first-order valence-electron chi connectivity index (χ1n) is 10.1. The van der Waals surface area contributed by atoms with Gasteiger partial charge in [0.2, 0.25) is 0 Å². The molecule has 0 unspecified atom stereocenters. The molecule has 32 heavy (non-hydrogen) atoms. The van der Waals surface area contributed by atoms with Gasteiger partial charge in [0.25, 0.3) is 11.6 Å². The first kappa shape index (κ1) is 21.3. The molecule has 10 nitrogen and oxygen atoms in total. The van der Waals surface area contributed by atoms with Gasteiger partial charge in [0, 0.05) is 24.1 Å². The van der Waals surface area contributed by atoms with Gasteiger partial charge in [0.05, 0.1) is 22.8 Å². The average molecular weight is 437 g/mol. The number of nitrogens with one attached hydrogen (secondary N) is 1. The number of ether oxygens (including phenoxy) is 2. The maximum Gasteiger partial charge on any atom is 0.273 e. The SMILES string of the molecule is Cc1c(C(=O)NCCOc2cccc3c2OC(C)(C)C3)nnn1-c1cccc([N+](=O)[O-])c1. The summed E-state index contributed by atoms with van der Waals surface area (Å²) < 4.78 is 13.2. The Morgan fingerprint density at radius 1 is 1.31 bits per heavy atom. The molecule has 1 aromatic heterocycles. The van der Waals surface area contributed by atoms with Crippen LogP contribution in [0, 0.1) is 17.0 Å². The molecule has 1 N–H and O–H groups in total. The van der Waals surface area contributed by atoms with Crippen LogP contribution in [0.15, 0.2) is 42.5 Å². The fourth-order valence-electron chi connectivity index (χ4n) is 3.63. The van der Waals surface area contributed by atoms with Crippen LogP contribution in [0.3, 0.4) is 0 Å². The van der Waals surface area contributed by atoms with Gasteiger partial charge in [-0.05, 0) is 32.9 Å². The number of carbonyl (C=O) groups excluding carboxylic acids is 1. The standard InChI is InChI=1S/C22H23N5O5/c1-14-19(24-25-26(14)16-7-5-8-17(12-16)27(29)30)21(28)23-10-11-31-18-9-4-6-15-13-22(2,3)32-20(15)18/h4-9,12H,10-11,13H2,1-3H3,(H,23,28). The third kappa shape index (κ3) is 4.25. The number of hydrogen-bond donors (Lipinski definition) is 1. The number of hydrogen-bond acceptors (Lipinski definition) is 7. The lowest BCUT2D eigenvalue weighted by Gasteiger charge is -2.18. The Balaban J connectivity index is 1.37. The average Bonchev–Trinajstić information content (AvgIpc) is 3.29. The van der Waals surface area contributed by atoms with Crippen LogP contribution in [0.2, 0.25) is 0 Å². The normalized spacial score (nSPS) is 13.8. The smallest absolute Gasteiger partial charge is 0.273 e. The summed E-state index contributed by atoms with van der Waals surface area (Å²) in [6.45, 7) is 6.25. The summed E-state index contributed by atoms with van der Waals surface area (Å²) in [5.41, 5.74) is 1.83. The van der Waals surface area contributed by atoms with E-state index in [0.717, 1.165) is 17.7 Å². The molecule has 1 amide bonds. The van der Waals surface area contributed by atoms with Crippen molar-refractivity contribution in [1.29, 1.82) is 0 Å². The second-order valence-corrected chi connectivity index (χ2v) is 8.10. The molecular weight excluding hydrogens is 414 g/mol. The van der Waals surface area contributed by atoms with E-state index in [-0.39, 0.29) is 30.1 Å². The van der Waals surface area contributed by atoms with Crippen LogP contribution in [0.5, 0.6) is 11.5 Å². The zero-order chi connectivity index (χ0) is 22.9. The fourth-order valence-corrected chi connectivity index (χ4v) is 3.63. The summed E-state index contributed by atoms with van der Waals surface area (Å²) in [5, 5.41) is 21.7. The largest absolute Gasteiger partial charge is 0.488 e. The van der Waals surface area contributed by atoms with Gasteiger partial charge in [0.1, 0.15) is 12.2 Å². The third-order valence-corrected chi connectivity index (χ3v) is 5.09. The Labute approximate surface area is 184 Å². The zero-order valence-electron chi connectivity index (χ0n) is 18.0. The molecule has 1 aliphatic rings. The molecular formula is C22H23N5O5. The summed E-state index contributed by atoms with van der Waals surface area (Å²) in [4.78, 5) is 23.1. The van der Waals surface area contributed by atoms with E-state index in [0.29, 0.717) is 17.1 Å². The molecule has 0 fully saturated rings. The maximum atomic E-state index is 12.6. The van der Waals surface area contributed by atoms with E-state index >= 15 is 0 Å². The lowest BCUT2D eigenvalue weighted by atomic mass is 10.0. The molecule has 166 valence electrons. The predicted octanol–water partition coefficient (Wildman–Crippen LogP) is 3.01. The van der Waals surface area contributed by atoms with Gasteiger partial charge in [-0.1, -0.05) is 23.4 Å². The van der Waals surface area contributed by atoms with Gasteiger partial charge >= 0.3 is 0 Å². The van der Waals surface area contributed by atoms with Gasteiger partial charge in [-0.2, -0.15) is 0 Å². The summed E-state index contributed by atoms with van der Waals surface area (Å²) in [6, 6.07) is 11.8.